The van der Waals surface area contributed by atoms with E-state index < -0.39 is 0 Å². The lowest BCUT2D eigenvalue weighted by atomic mass is 10.2. The number of aliphatic hydroxyl groups is 1. The molecule has 3 heterocycles. The fraction of sp³-hybridized carbons (Fsp3) is 0.500. The van der Waals surface area contributed by atoms with Crippen LogP contribution in [0.3, 0.4) is 0 Å². The van der Waals surface area contributed by atoms with Crippen molar-refractivity contribution in [1.82, 2.24) is 15.1 Å². The molecule has 0 aliphatic carbocycles. The second-order valence-electron chi connectivity index (χ2n) is 5.06. The van der Waals surface area contributed by atoms with E-state index in [0.29, 0.717) is 12.4 Å². The van der Waals surface area contributed by atoms with Crippen molar-refractivity contribution < 1.29 is 9.63 Å². The smallest absolute Gasteiger partial charge is 0.259 e. The van der Waals surface area contributed by atoms with Crippen LogP contribution in [0.25, 0.3) is 11.5 Å². The number of hydrogen-bond donors (Lipinski definition) is 1. The number of hydrogen-bond acceptors (Lipinski definition) is 6. The minimum atomic E-state index is -0.246. The highest BCUT2D eigenvalue weighted by atomic mass is 16.5. The Morgan fingerprint density at radius 3 is 3.00 bits per heavy atom. The summed E-state index contributed by atoms with van der Waals surface area (Å²) in [4.78, 5) is 10.8. The van der Waals surface area contributed by atoms with Crippen LogP contribution in [0.4, 0.5) is 5.82 Å². The van der Waals surface area contributed by atoms with Gasteiger partial charge in [-0.25, -0.2) is 4.98 Å². The molecule has 0 radical (unpaired) electrons. The van der Waals surface area contributed by atoms with E-state index in [9.17, 15) is 5.11 Å². The third kappa shape index (κ3) is 2.65. The minimum absolute atomic E-state index is 0.246. The number of aliphatic hydroxyl groups excluding tert-OH is 1. The van der Waals surface area contributed by atoms with E-state index in [1.54, 1.807) is 6.20 Å². The number of aryl methyl sites for hydroxylation is 1. The first kappa shape index (κ1) is 13.1. The van der Waals surface area contributed by atoms with Gasteiger partial charge < -0.3 is 14.5 Å². The van der Waals surface area contributed by atoms with Gasteiger partial charge in [-0.3, -0.25) is 0 Å². The van der Waals surface area contributed by atoms with Gasteiger partial charge in [0.1, 0.15) is 5.82 Å². The van der Waals surface area contributed by atoms with E-state index in [-0.39, 0.29) is 6.10 Å². The molecule has 1 N–H and O–H groups in total. The maximum Gasteiger partial charge on any atom is 0.259 e. The number of nitrogens with zero attached hydrogens (tertiary/aromatic N) is 4. The zero-order chi connectivity index (χ0) is 13.9. The monoisotopic (exact) mass is 274 g/mol. The van der Waals surface area contributed by atoms with Gasteiger partial charge in [0.25, 0.3) is 5.89 Å². The molecule has 0 spiro atoms. The molecule has 2 aromatic rings. The summed E-state index contributed by atoms with van der Waals surface area (Å²) in [5, 5.41) is 13.5. The lowest BCUT2D eigenvalue weighted by Gasteiger charge is -2.16. The van der Waals surface area contributed by atoms with E-state index in [1.807, 2.05) is 12.1 Å². The zero-order valence-electron chi connectivity index (χ0n) is 11.5. The Balaban J connectivity index is 1.75. The average molecular weight is 274 g/mol. The highest BCUT2D eigenvalue weighted by Gasteiger charge is 2.21. The van der Waals surface area contributed by atoms with Crippen molar-refractivity contribution in [1.29, 1.82) is 0 Å². The summed E-state index contributed by atoms with van der Waals surface area (Å²) in [5.74, 6) is 2.11. The molecule has 1 unspecified atom stereocenters. The molecule has 0 aromatic carbocycles. The van der Waals surface area contributed by atoms with E-state index in [1.165, 1.54) is 0 Å². The quantitative estimate of drug-likeness (QED) is 0.913. The van der Waals surface area contributed by atoms with Gasteiger partial charge in [-0.1, -0.05) is 12.1 Å². The second kappa shape index (κ2) is 5.58. The lowest BCUT2D eigenvalue weighted by molar-refractivity contribution is 0.198. The fourth-order valence-corrected chi connectivity index (χ4v) is 2.35. The number of anilines is 1. The molecule has 2 aromatic heterocycles. The highest BCUT2D eigenvalue weighted by Crippen LogP contribution is 2.22. The molecule has 20 heavy (non-hydrogen) atoms. The van der Waals surface area contributed by atoms with E-state index in [2.05, 4.69) is 26.9 Å². The molecule has 3 rings (SSSR count). The molecule has 0 saturated carbocycles. The van der Waals surface area contributed by atoms with Crippen molar-refractivity contribution in [2.75, 3.05) is 18.0 Å². The Bertz CT molecular complexity index is 567. The summed E-state index contributed by atoms with van der Waals surface area (Å²) in [5.41, 5.74) is 0.823. The number of aromatic nitrogens is 3. The van der Waals surface area contributed by atoms with Crippen molar-refractivity contribution in [2.45, 2.75) is 32.3 Å². The molecule has 6 nitrogen and oxygen atoms in total. The summed E-state index contributed by atoms with van der Waals surface area (Å²) >= 11 is 0. The highest BCUT2D eigenvalue weighted by molar-refractivity contribution is 5.54. The Morgan fingerprint density at radius 2 is 2.35 bits per heavy atom. The zero-order valence-corrected chi connectivity index (χ0v) is 11.5. The van der Waals surface area contributed by atoms with Gasteiger partial charge in [0.05, 0.1) is 11.7 Å². The van der Waals surface area contributed by atoms with Crippen LogP contribution < -0.4 is 4.90 Å². The normalized spacial score (nSPS) is 18.7. The fourth-order valence-electron chi connectivity index (χ4n) is 2.35. The molecule has 0 amide bonds. The van der Waals surface area contributed by atoms with E-state index >= 15 is 0 Å². The third-order valence-corrected chi connectivity index (χ3v) is 3.42. The number of β-amino-alcohol motifs (C(OH)–C–C–N with tert-alkyl or cyclic N) is 1. The third-order valence-electron chi connectivity index (χ3n) is 3.42. The minimum Gasteiger partial charge on any atom is -0.391 e. The Morgan fingerprint density at radius 1 is 1.45 bits per heavy atom. The van der Waals surface area contributed by atoms with Crippen LogP contribution in [0.5, 0.6) is 0 Å². The van der Waals surface area contributed by atoms with Crippen LogP contribution in [0.1, 0.15) is 25.6 Å². The van der Waals surface area contributed by atoms with Crippen LogP contribution >= 0.6 is 0 Å². The van der Waals surface area contributed by atoms with Gasteiger partial charge in [0.15, 0.2) is 5.82 Å². The summed E-state index contributed by atoms with van der Waals surface area (Å²) in [6.45, 7) is 3.57. The molecular weight excluding hydrogens is 256 g/mol. The summed E-state index contributed by atoms with van der Waals surface area (Å²) in [6.07, 6.45) is 4.11. The van der Waals surface area contributed by atoms with E-state index in [0.717, 1.165) is 43.0 Å². The van der Waals surface area contributed by atoms with Crippen molar-refractivity contribution in [3.05, 3.63) is 24.2 Å². The predicted molar refractivity (Wildman–Crippen MR) is 74.4 cm³/mol. The molecule has 106 valence electrons. The summed E-state index contributed by atoms with van der Waals surface area (Å²) < 4.78 is 5.23. The Labute approximate surface area is 117 Å². The van der Waals surface area contributed by atoms with Gasteiger partial charge in [-0.05, 0) is 25.0 Å². The van der Waals surface area contributed by atoms with Crippen molar-refractivity contribution in [2.24, 2.45) is 0 Å². The molecule has 0 bridgehead atoms. The molecule has 1 fully saturated rings. The number of rotatable bonds is 4. The SMILES string of the molecule is CCCc1noc(-c2ccc(N3CCC(O)C3)nc2)n1. The van der Waals surface area contributed by atoms with Gasteiger partial charge >= 0.3 is 0 Å². The molecule has 1 aliphatic rings. The first-order chi connectivity index (χ1) is 9.76. The van der Waals surface area contributed by atoms with Crippen LogP contribution in [0.2, 0.25) is 0 Å². The van der Waals surface area contributed by atoms with E-state index in [4.69, 9.17) is 4.52 Å². The van der Waals surface area contributed by atoms with Gasteiger partial charge in [0.2, 0.25) is 0 Å². The summed E-state index contributed by atoms with van der Waals surface area (Å²) in [7, 11) is 0. The van der Waals surface area contributed by atoms with Crippen molar-refractivity contribution >= 4 is 5.82 Å². The van der Waals surface area contributed by atoms with Crippen LogP contribution in [0, 0.1) is 0 Å². The second-order valence-corrected chi connectivity index (χ2v) is 5.06. The standard InChI is InChI=1S/C14H18N4O2/c1-2-3-12-16-14(20-17-12)10-4-5-13(15-8-10)18-7-6-11(19)9-18/h4-5,8,11,19H,2-3,6-7,9H2,1H3. The molecule has 1 saturated heterocycles. The molecule has 1 atom stereocenters. The first-order valence-corrected chi connectivity index (χ1v) is 6.98. The Hall–Kier alpha value is -1.95. The van der Waals surface area contributed by atoms with Crippen molar-refractivity contribution in [3.8, 4) is 11.5 Å². The maximum atomic E-state index is 9.54. The molecule has 6 heteroatoms. The van der Waals surface area contributed by atoms with Crippen molar-refractivity contribution in [3.63, 3.8) is 0 Å². The summed E-state index contributed by atoms with van der Waals surface area (Å²) in [6, 6.07) is 3.85. The first-order valence-electron chi connectivity index (χ1n) is 6.98. The molecular formula is C14H18N4O2. The largest absolute Gasteiger partial charge is 0.391 e. The van der Waals surface area contributed by atoms with Crippen LogP contribution in [-0.2, 0) is 6.42 Å². The predicted octanol–water partition coefficient (Wildman–Crippen LogP) is 1.66. The molecule has 1 aliphatic heterocycles. The van der Waals surface area contributed by atoms with Crippen LogP contribution in [-0.4, -0.2) is 39.4 Å². The van der Waals surface area contributed by atoms with Gasteiger partial charge in [-0.2, -0.15) is 4.98 Å². The topological polar surface area (TPSA) is 75.3 Å². The average Bonchev–Trinajstić information content (AvgIpc) is 3.09. The van der Waals surface area contributed by atoms with Crippen LogP contribution in [0.15, 0.2) is 22.9 Å². The Kier molecular flexibility index (Phi) is 3.64. The van der Waals surface area contributed by atoms with Gasteiger partial charge in [0, 0.05) is 25.7 Å². The maximum absolute atomic E-state index is 9.54. The number of pyridine rings is 1. The lowest BCUT2D eigenvalue weighted by Crippen LogP contribution is -2.21. The van der Waals surface area contributed by atoms with Gasteiger partial charge in [-0.15, -0.1) is 0 Å².